The van der Waals surface area contributed by atoms with Crippen molar-refractivity contribution in [1.29, 1.82) is 0 Å². The molecule has 174 valence electrons. The molecule has 5 nitrogen and oxygen atoms in total. The zero-order chi connectivity index (χ0) is 23.3. The van der Waals surface area contributed by atoms with Crippen LogP contribution in [0, 0.1) is 13.8 Å². The number of carbonyl (C=O) groups excluding carboxylic acids is 2. The van der Waals surface area contributed by atoms with Gasteiger partial charge in [0.1, 0.15) is 11.8 Å². The van der Waals surface area contributed by atoms with Crippen LogP contribution in [0.4, 0.5) is 0 Å². The normalized spacial score (nSPS) is 11.6. The summed E-state index contributed by atoms with van der Waals surface area (Å²) in [5.74, 6) is 0.721. The number of nitrogens with zero attached hydrogens (tertiary/aromatic N) is 1. The topological polar surface area (TPSA) is 58.6 Å². The number of ether oxygens (including phenoxy) is 1. The Morgan fingerprint density at radius 3 is 2.38 bits per heavy atom. The fraction of sp³-hybridized carbons (Fsp3) is 0.481. The molecule has 2 aromatic rings. The van der Waals surface area contributed by atoms with Crippen LogP contribution >= 0.6 is 0 Å². The monoisotopic (exact) mass is 438 g/mol. The van der Waals surface area contributed by atoms with Gasteiger partial charge in [0.2, 0.25) is 11.8 Å². The van der Waals surface area contributed by atoms with E-state index in [-0.39, 0.29) is 11.8 Å². The minimum absolute atomic E-state index is 0.0155. The van der Waals surface area contributed by atoms with E-state index < -0.39 is 6.04 Å². The molecule has 0 aromatic heterocycles. The van der Waals surface area contributed by atoms with E-state index in [0.29, 0.717) is 39.0 Å². The highest BCUT2D eigenvalue weighted by Gasteiger charge is 2.28. The van der Waals surface area contributed by atoms with Gasteiger partial charge in [-0.2, -0.15) is 0 Å². The Balaban J connectivity index is 2.04. The Morgan fingerprint density at radius 2 is 1.72 bits per heavy atom. The summed E-state index contributed by atoms with van der Waals surface area (Å²) in [5.41, 5.74) is 3.37. The standard InChI is InChI=1S/C27H38N2O3/c1-5-7-18-28-27(31)25(6-2)29(20-23-12-9-8-11-22(23)4)26(30)13-10-19-32-24-16-14-21(3)15-17-24/h8-9,11-12,14-17,25H,5-7,10,13,18-20H2,1-4H3,(H,28,31)/t25-/m0/s1. The maximum atomic E-state index is 13.2. The first-order valence-corrected chi connectivity index (χ1v) is 11.8. The molecule has 1 N–H and O–H groups in total. The first-order valence-electron chi connectivity index (χ1n) is 11.8. The SMILES string of the molecule is CCCCNC(=O)[C@H](CC)N(Cc1ccccc1C)C(=O)CCCOc1ccc(C)cc1. The minimum atomic E-state index is -0.475. The Hall–Kier alpha value is -2.82. The van der Waals surface area contributed by atoms with Crippen LogP contribution in [0.25, 0.3) is 0 Å². The summed E-state index contributed by atoms with van der Waals surface area (Å²) in [6.45, 7) is 9.67. The number of hydrogen-bond acceptors (Lipinski definition) is 3. The minimum Gasteiger partial charge on any atom is -0.494 e. The summed E-state index contributed by atoms with van der Waals surface area (Å²) in [5, 5.41) is 3.01. The number of benzene rings is 2. The molecular weight excluding hydrogens is 400 g/mol. The second-order valence-electron chi connectivity index (χ2n) is 8.28. The van der Waals surface area contributed by atoms with Crippen molar-refractivity contribution in [3.63, 3.8) is 0 Å². The number of carbonyl (C=O) groups is 2. The third kappa shape index (κ3) is 8.03. The van der Waals surface area contributed by atoms with E-state index in [1.165, 1.54) is 5.56 Å². The van der Waals surface area contributed by atoms with Gasteiger partial charge in [0, 0.05) is 19.5 Å². The third-order valence-corrected chi connectivity index (χ3v) is 5.64. The van der Waals surface area contributed by atoms with Crippen molar-refractivity contribution in [3.05, 3.63) is 65.2 Å². The van der Waals surface area contributed by atoms with E-state index >= 15 is 0 Å². The molecule has 2 amide bonds. The Kier molecular flexibility index (Phi) is 10.8. The zero-order valence-electron chi connectivity index (χ0n) is 20.0. The lowest BCUT2D eigenvalue weighted by atomic mass is 10.1. The fourth-order valence-corrected chi connectivity index (χ4v) is 3.59. The summed E-state index contributed by atoms with van der Waals surface area (Å²) in [6, 6.07) is 15.4. The van der Waals surface area contributed by atoms with Crippen LogP contribution in [0.1, 0.15) is 62.6 Å². The Labute approximate surface area is 193 Å². The highest BCUT2D eigenvalue weighted by molar-refractivity contribution is 5.87. The van der Waals surface area contributed by atoms with Crippen LogP contribution < -0.4 is 10.1 Å². The highest BCUT2D eigenvalue weighted by Crippen LogP contribution is 2.17. The third-order valence-electron chi connectivity index (χ3n) is 5.64. The first-order chi connectivity index (χ1) is 15.5. The predicted octanol–water partition coefficient (Wildman–Crippen LogP) is 5.19. The van der Waals surface area contributed by atoms with Crippen molar-refractivity contribution in [2.45, 2.75) is 72.4 Å². The number of hydrogen-bond donors (Lipinski definition) is 1. The van der Waals surface area contributed by atoms with Crippen molar-refractivity contribution >= 4 is 11.8 Å². The molecule has 0 aliphatic carbocycles. The van der Waals surface area contributed by atoms with Gasteiger partial charge in [0.05, 0.1) is 6.61 Å². The summed E-state index contributed by atoms with van der Waals surface area (Å²) < 4.78 is 5.78. The van der Waals surface area contributed by atoms with Crippen molar-refractivity contribution in [3.8, 4) is 5.75 Å². The van der Waals surface area contributed by atoms with Gasteiger partial charge in [-0.15, -0.1) is 0 Å². The second-order valence-corrected chi connectivity index (χ2v) is 8.28. The van der Waals surface area contributed by atoms with Crippen LogP contribution in [0.2, 0.25) is 0 Å². The molecule has 2 rings (SSSR count). The molecule has 0 bridgehead atoms. The fourth-order valence-electron chi connectivity index (χ4n) is 3.59. The highest BCUT2D eigenvalue weighted by atomic mass is 16.5. The molecule has 0 unspecified atom stereocenters. The van der Waals surface area contributed by atoms with E-state index in [1.807, 2.05) is 69.3 Å². The lowest BCUT2D eigenvalue weighted by molar-refractivity contribution is -0.141. The smallest absolute Gasteiger partial charge is 0.242 e. The molecule has 0 spiro atoms. The van der Waals surface area contributed by atoms with E-state index in [2.05, 4.69) is 12.2 Å². The Bertz CT molecular complexity index is 848. The molecule has 1 atom stereocenters. The van der Waals surface area contributed by atoms with E-state index in [0.717, 1.165) is 29.7 Å². The molecule has 5 heteroatoms. The van der Waals surface area contributed by atoms with Crippen LogP contribution in [0.5, 0.6) is 5.75 Å². The average Bonchev–Trinajstić information content (AvgIpc) is 2.79. The van der Waals surface area contributed by atoms with Gasteiger partial charge in [-0.1, -0.05) is 62.2 Å². The van der Waals surface area contributed by atoms with Crippen molar-refractivity contribution in [1.82, 2.24) is 10.2 Å². The van der Waals surface area contributed by atoms with Gasteiger partial charge in [-0.3, -0.25) is 9.59 Å². The maximum absolute atomic E-state index is 13.2. The van der Waals surface area contributed by atoms with Gasteiger partial charge in [0.25, 0.3) is 0 Å². The summed E-state index contributed by atoms with van der Waals surface area (Å²) in [4.78, 5) is 27.9. The molecule has 32 heavy (non-hydrogen) atoms. The summed E-state index contributed by atoms with van der Waals surface area (Å²) in [6.07, 6.45) is 3.48. The average molecular weight is 439 g/mol. The van der Waals surface area contributed by atoms with Crippen LogP contribution in [0.15, 0.2) is 48.5 Å². The molecular formula is C27H38N2O3. The lowest BCUT2D eigenvalue weighted by Crippen LogP contribution is -2.49. The number of rotatable bonds is 13. The van der Waals surface area contributed by atoms with Crippen molar-refractivity contribution in [2.24, 2.45) is 0 Å². The van der Waals surface area contributed by atoms with E-state index in [4.69, 9.17) is 4.74 Å². The quantitative estimate of drug-likeness (QED) is 0.438. The largest absolute Gasteiger partial charge is 0.494 e. The van der Waals surface area contributed by atoms with Crippen LogP contribution in [0.3, 0.4) is 0 Å². The van der Waals surface area contributed by atoms with Gasteiger partial charge in [-0.05, 0) is 56.4 Å². The molecule has 0 aliphatic rings. The summed E-state index contributed by atoms with van der Waals surface area (Å²) >= 11 is 0. The van der Waals surface area contributed by atoms with Crippen LogP contribution in [-0.4, -0.2) is 35.9 Å². The molecule has 0 fully saturated rings. The first kappa shape index (κ1) is 25.4. The Morgan fingerprint density at radius 1 is 1.00 bits per heavy atom. The van der Waals surface area contributed by atoms with E-state index in [9.17, 15) is 9.59 Å². The number of nitrogens with one attached hydrogen (secondary N) is 1. The van der Waals surface area contributed by atoms with E-state index in [1.54, 1.807) is 4.90 Å². The predicted molar refractivity (Wildman–Crippen MR) is 130 cm³/mol. The molecule has 0 heterocycles. The zero-order valence-corrected chi connectivity index (χ0v) is 20.0. The van der Waals surface area contributed by atoms with Crippen LogP contribution in [-0.2, 0) is 16.1 Å². The molecule has 0 saturated carbocycles. The molecule has 0 radical (unpaired) electrons. The summed E-state index contributed by atoms with van der Waals surface area (Å²) in [7, 11) is 0. The molecule has 0 aliphatic heterocycles. The lowest BCUT2D eigenvalue weighted by Gasteiger charge is -2.31. The van der Waals surface area contributed by atoms with Gasteiger partial charge >= 0.3 is 0 Å². The maximum Gasteiger partial charge on any atom is 0.242 e. The van der Waals surface area contributed by atoms with Crippen molar-refractivity contribution in [2.75, 3.05) is 13.2 Å². The van der Waals surface area contributed by atoms with Gasteiger partial charge in [0.15, 0.2) is 0 Å². The second kappa shape index (κ2) is 13.6. The number of amides is 2. The van der Waals surface area contributed by atoms with Gasteiger partial charge < -0.3 is 15.0 Å². The van der Waals surface area contributed by atoms with Gasteiger partial charge in [-0.25, -0.2) is 0 Å². The number of aryl methyl sites for hydroxylation is 2. The van der Waals surface area contributed by atoms with Crippen molar-refractivity contribution < 1.29 is 14.3 Å². The molecule has 0 saturated heterocycles. The molecule has 2 aromatic carbocycles. The number of unbranched alkanes of at least 4 members (excludes halogenated alkanes) is 1.